The third kappa shape index (κ3) is 6.22. The fraction of sp³-hybridized carbons (Fsp3) is 0.391. The summed E-state index contributed by atoms with van der Waals surface area (Å²) in [5.41, 5.74) is 2.83. The maximum absolute atomic E-state index is 12.0. The zero-order chi connectivity index (χ0) is 21.6. The number of hydrogen-bond acceptors (Lipinski definition) is 5. The van der Waals surface area contributed by atoms with Gasteiger partial charge in [-0.1, -0.05) is 18.2 Å². The average molecular weight is 411 g/mol. The lowest BCUT2D eigenvalue weighted by atomic mass is 10.1. The molecule has 7 nitrogen and oxygen atoms in total. The Bertz CT molecular complexity index is 959. The zero-order valence-electron chi connectivity index (χ0n) is 18.0. The second-order valence-electron chi connectivity index (χ2n) is 8.20. The van der Waals surface area contributed by atoms with Crippen molar-refractivity contribution < 1.29 is 14.3 Å². The summed E-state index contributed by atoms with van der Waals surface area (Å²) in [6.07, 6.45) is 0.815. The summed E-state index contributed by atoms with van der Waals surface area (Å²) in [5.74, 6) is 1.96. The molecule has 0 atom stereocenters. The molecule has 1 aromatic heterocycles. The number of imidazole rings is 1. The van der Waals surface area contributed by atoms with Gasteiger partial charge in [-0.05, 0) is 50.6 Å². The SMILES string of the molecule is COc1cc(CNCCc2nc3ccccc3[nH]2)ccc1OCC(=O)NC(C)(C)C. The molecule has 0 aliphatic carbocycles. The fourth-order valence-corrected chi connectivity index (χ4v) is 3.10. The number of fused-ring (bicyclic) bond motifs is 1. The van der Waals surface area contributed by atoms with Gasteiger partial charge in [0.2, 0.25) is 0 Å². The topological polar surface area (TPSA) is 88.3 Å². The molecule has 0 fully saturated rings. The van der Waals surface area contributed by atoms with Crippen LogP contribution in [0.4, 0.5) is 0 Å². The number of benzene rings is 2. The quantitative estimate of drug-likeness (QED) is 0.472. The number of carbonyl (C=O) groups excluding carboxylic acids is 1. The Morgan fingerprint density at radius 2 is 1.93 bits per heavy atom. The summed E-state index contributed by atoms with van der Waals surface area (Å²) in [5, 5.41) is 6.29. The smallest absolute Gasteiger partial charge is 0.258 e. The molecule has 0 spiro atoms. The first-order valence-corrected chi connectivity index (χ1v) is 10.1. The van der Waals surface area contributed by atoms with Gasteiger partial charge < -0.3 is 25.1 Å². The molecule has 3 rings (SSSR count). The Labute approximate surface area is 177 Å². The van der Waals surface area contributed by atoms with Gasteiger partial charge in [-0.2, -0.15) is 0 Å². The van der Waals surface area contributed by atoms with Gasteiger partial charge in [0.25, 0.3) is 5.91 Å². The van der Waals surface area contributed by atoms with E-state index in [0.29, 0.717) is 18.0 Å². The van der Waals surface area contributed by atoms with Crippen molar-refractivity contribution >= 4 is 16.9 Å². The van der Waals surface area contributed by atoms with E-state index < -0.39 is 0 Å². The number of nitrogens with zero attached hydrogens (tertiary/aromatic N) is 1. The summed E-state index contributed by atoms with van der Waals surface area (Å²) in [6.45, 7) is 7.24. The number of ether oxygens (including phenoxy) is 2. The van der Waals surface area contributed by atoms with Crippen LogP contribution in [0.25, 0.3) is 11.0 Å². The van der Waals surface area contributed by atoms with Crippen LogP contribution in [0.15, 0.2) is 42.5 Å². The maximum Gasteiger partial charge on any atom is 0.258 e. The number of H-pyrrole nitrogens is 1. The van der Waals surface area contributed by atoms with Crippen LogP contribution in [0.1, 0.15) is 32.2 Å². The highest BCUT2D eigenvalue weighted by molar-refractivity contribution is 5.78. The summed E-state index contributed by atoms with van der Waals surface area (Å²) >= 11 is 0. The molecular weight excluding hydrogens is 380 g/mol. The van der Waals surface area contributed by atoms with E-state index in [4.69, 9.17) is 9.47 Å². The molecule has 160 valence electrons. The van der Waals surface area contributed by atoms with Crippen LogP contribution in [0.3, 0.4) is 0 Å². The highest BCUT2D eigenvalue weighted by Crippen LogP contribution is 2.28. The predicted molar refractivity (Wildman–Crippen MR) is 118 cm³/mol. The van der Waals surface area contributed by atoms with E-state index in [1.807, 2.05) is 63.2 Å². The number of rotatable bonds is 9. The van der Waals surface area contributed by atoms with Gasteiger partial charge in [-0.3, -0.25) is 4.79 Å². The molecule has 0 saturated carbocycles. The van der Waals surface area contributed by atoms with Crippen LogP contribution in [0.2, 0.25) is 0 Å². The summed E-state index contributed by atoms with van der Waals surface area (Å²) in [4.78, 5) is 19.9. The molecule has 3 aromatic rings. The maximum atomic E-state index is 12.0. The zero-order valence-corrected chi connectivity index (χ0v) is 18.0. The van der Waals surface area contributed by atoms with Crippen LogP contribution in [0.5, 0.6) is 11.5 Å². The number of aromatic amines is 1. The Balaban J connectivity index is 1.48. The first-order chi connectivity index (χ1) is 14.3. The van der Waals surface area contributed by atoms with E-state index in [9.17, 15) is 4.79 Å². The molecule has 30 heavy (non-hydrogen) atoms. The lowest BCUT2D eigenvalue weighted by molar-refractivity contribution is -0.124. The number of hydrogen-bond donors (Lipinski definition) is 3. The third-order valence-corrected chi connectivity index (χ3v) is 4.41. The van der Waals surface area contributed by atoms with Gasteiger partial charge >= 0.3 is 0 Å². The monoisotopic (exact) mass is 410 g/mol. The average Bonchev–Trinajstić information content (AvgIpc) is 3.11. The minimum absolute atomic E-state index is 0.0528. The van der Waals surface area contributed by atoms with Gasteiger partial charge in [0.1, 0.15) is 5.82 Å². The molecule has 0 saturated heterocycles. The standard InChI is InChI=1S/C23H30N4O3/c1-23(2,3)27-22(28)15-30-19-10-9-16(13-20(19)29-4)14-24-12-11-21-25-17-7-5-6-8-18(17)26-21/h5-10,13,24H,11-12,14-15H2,1-4H3,(H,25,26)(H,27,28). The van der Waals surface area contributed by atoms with Gasteiger partial charge in [0, 0.05) is 25.0 Å². The van der Waals surface area contributed by atoms with Gasteiger partial charge in [0.15, 0.2) is 18.1 Å². The molecular formula is C23H30N4O3. The van der Waals surface area contributed by atoms with E-state index in [-0.39, 0.29) is 18.1 Å². The summed E-state index contributed by atoms with van der Waals surface area (Å²) in [7, 11) is 1.59. The molecule has 0 aliphatic rings. The lowest BCUT2D eigenvalue weighted by Gasteiger charge is -2.20. The van der Waals surface area contributed by atoms with Crippen LogP contribution >= 0.6 is 0 Å². The van der Waals surface area contributed by atoms with Crippen molar-refractivity contribution in [2.75, 3.05) is 20.3 Å². The number of para-hydroxylation sites is 2. The minimum atomic E-state index is -0.289. The van der Waals surface area contributed by atoms with Crippen molar-refractivity contribution in [3.05, 3.63) is 53.9 Å². The molecule has 0 radical (unpaired) electrons. The number of nitrogens with one attached hydrogen (secondary N) is 3. The van der Waals surface area contributed by atoms with E-state index >= 15 is 0 Å². The van der Waals surface area contributed by atoms with Crippen LogP contribution in [-0.2, 0) is 17.8 Å². The summed E-state index contributed by atoms with van der Waals surface area (Å²) < 4.78 is 11.1. The van der Waals surface area contributed by atoms with Gasteiger partial charge in [0.05, 0.1) is 18.1 Å². The van der Waals surface area contributed by atoms with Crippen molar-refractivity contribution in [2.24, 2.45) is 0 Å². The molecule has 0 bridgehead atoms. The van der Waals surface area contributed by atoms with E-state index in [1.54, 1.807) is 7.11 Å². The van der Waals surface area contributed by atoms with Crippen molar-refractivity contribution in [3.8, 4) is 11.5 Å². The molecule has 7 heteroatoms. The molecule has 2 aromatic carbocycles. The molecule has 3 N–H and O–H groups in total. The first kappa shape index (κ1) is 21.6. The van der Waals surface area contributed by atoms with Gasteiger partial charge in [-0.15, -0.1) is 0 Å². The lowest BCUT2D eigenvalue weighted by Crippen LogP contribution is -2.43. The number of carbonyl (C=O) groups is 1. The normalized spacial score (nSPS) is 11.5. The Hall–Kier alpha value is -3.06. The predicted octanol–water partition coefficient (Wildman–Crippen LogP) is 3.20. The van der Waals surface area contributed by atoms with Crippen LogP contribution in [0, 0.1) is 0 Å². The van der Waals surface area contributed by atoms with Crippen LogP contribution in [-0.4, -0.2) is 41.7 Å². The summed E-state index contributed by atoms with van der Waals surface area (Å²) in [6, 6.07) is 13.7. The van der Waals surface area contributed by atoms with Crippen molar-refractivity contribution in [1.29, 1.82) is 0 Å². The second-order valence-corrected chi connectivity index (χ2v) is 8.20. The Kier molecular flexibility index (Phi) is 6.95. The molecule has 0 unspecified atom stereocenters. The molecule has 1 heterocycles. The number of amides is 1. The highest BCUT2D eigenvalue weighted by atomic mass is 16.5. The molecule has 0 aliphatic heterocycles. The van der Waals surface area contributed by atoms with Crippen molar-refractivity contribution in [3.63, 3.8) is 0 Å². The highest BCUT2D eigenvalue weighted by Gasteiger charge is 2.15. The van der Waals surface area contributed by atoms with E-state index in [0.717, 1.165) is 35.4 Å². The first-order valence-electron chi connectivity index (χ1n) is 10.1. The second kappa shape index (κ2) is 9.63. The Morgan fingerprint density at radius 3 is 2.67 bits per heavy atom. The third-order valence-electron chi connectivity index (χ3n) is 4.41. The Morgan fingerprint density at radius 1 is 1.13 bits per heavy atom. The molecule has 1 amide bonds. The van der Waals surface area contributed by atoms with Crippen molar-refractivity contribution in [1.82, 2.24) is 20.6 Å². The van der Waals surface area contributed by atoms with Crippen molar-refractivity contribution in [2.45, 2.75) is 39.3 Å². The number of aromatic nitrogens is 2. The minimum Gasteiger partial charge on any atom is -0.493 e. The van der Waals surface area contributed by atoms with E-state index in [2.05, 4.69) is 20.6 Å². The fourth-order valence-electron chi connectivity index (χ4n) is 3.10. The van der Waals surface area contributed by atoms with E-state index in [1.165, 1.54) is 0 Å². The van der Waals surface area contributed by atoms with Gasteiger partial charge in [-0.25, -0.2) is 4.98 Å². The number of methoxy groups -OCH3 is 1. The largest absolute Gasteiger partial charge is 0.493 e. The van der Waals surface area contributed by atoms with Crippen LogP contribution < -0.4 is 20.1 Å².